The average molecular weight is 508 g/mol. The number of nitrogens with zero attached hydrogens (tertiary/aromatic N) is 3. The lowest BCUT2D eigenvalue weighted by atomic mass is 10.1. The number of benzene rings is 3. The standard InChI is InChI=1S/C32H33N3O3/c1-34(26-12-4-3-5-13-26)32(36)25-11-8-14-27(20-25)35(23-24-10-9-19-33-22-24)28-17-18-30(37-2)31(21-28)38-29-15-6-7-16-29/h3-5,8-14,17-22,29H,6-7,15-16,23H2,1-2H3. The maximum Gasteiger partial charge on any atom is 0.258 e. The van der Waals surface area contributed by atoms with Crippen LogP contribution < -0.4 is 19.3 Å². The fourth-order valence-electron chi connectivity index (χ4n) is 4.89. The van der Waals surface area contributed by atoms with Gasteiger partial charge in [-0.15, -0.1) is 0 Å². The molecular weight excluding hydrogens is 474 g/mol. The summed E-state index contributed by atoms with van der Waals surface area (Å²) in [6.07, 6.45) is 8.35. The summed E-state index contributed by atoms with van der Waals surface area (Å²) in [6.45, 7) is 0.579. The van der Waals surface area contributed by atoms with Gasteiger partial charge in [0.15, 0.2) is 11.5 Å². The second kappa shape index (κ2) is 11.8. The molecule has 1 amide bonds. The van der Waals surface area contributed by atoms with Crippen molar-refractivity contribution in [3.8, 4) is 11.5 Å². The van der Waals surface area contributed by atoms with Gasteiger partial charge in [0.05, 0.1) is 13.2 Å². The van der Waals surface area contributed by atoms with E-state index >= 15 is 0 Å². The van der Waals surface area contributed by atoms with E-state index in [-0.39, 0.29) is 12.0 Å². The molecule has 6 nitrogen and oxygen atoms in total. The third kappa shape index (κ3) is 5.80. The highest BCUT2D eigenvalue weighted by Gasteiger charge is 2.21. The van der Waals surface area contributed by atoms with Gasteiger partial charge in [-0.1, -0.05) is 30.3 Å². The van der Waals surface area contributed by atoms with Gasteiger partial charge in [-0.2, -0.15) is 0 Å². The highest BCUT2D eigenvalue weighted by molar-refractivity contribution is 6.06. The van der Waals surface area contributed by atoms with Crippen LogP contribution in [-0.4, -0.2) is 31.2 Å². The zero-order valence-electron chi connectivity index (χ0n) is 21.9. The van der Waals surface area contributed by atoms with Crippen LogP contribution in [0, 0.1) is 0 Å². The van der Waals surface area contributed by atoms with Crippen molar-refractivity contribution in [1.82, 2.24) is 4.98 Å². The minimum Gasteiger partial charge on any atom is -0.493 e. The van der Waals surface area contributed by atoms with Gasteiger partial charge >= 0.3 is 0 Å². The minimum atomic E-state index is -0.0700. The van der Waals surface area contributed by atoms with E-state index in [1.165, 1.54) is 12.8 Å². The Hall–Kier alpha value is -4.32. The second-order valence-electron chi connectivity index (χ2n) is 9.56. The molecular formula is C32H33N3O3. The summed E-state index contributed by atoms with van der Waals surface area (Å²) in [5.41, 5.74) is 4.36. The number of hydrogen-bond acceptors (Lipinski definition) is 5. The fraction of sp³-hybridized carbons (Fsp3) is 0.250. The number of rotatable bonds is 9. The van der Waals surface area contributed by atoms with Crippen LogP contribution in [0.2, 0.25) is 0 Å². The molecule has 0 radical (unpaired) electrons. The summed E-state index contributed by atoms with van der Waals surface area (Å²) in [5.74, 6) is 1.39. The predicted molar refractivity (Wildman–Crippen MR) is 152 cm³/mol. The van der Waals surface area contributed by atoms with Crippen molar-refractivity contribution in [3.05, 3.63) is 108 Å². The van der Waals surface area contributed by atoms with Crippen LogP contribution in [0.25, 0.3) is 0 Å². The zero-order chi connectivity index (χ0) is 26.3. The number of amides is 1. The van der Waals surface area contributed by atoms with Crippen LogP contribution >= 0.6 is 0 Å². The quantitative estimate of drug-likeness (QED) is 0.244. The number of para-hydroxylation sites is 1. The lowest BCUT2D eigenvalue weighted by Crippen LogP contribution is -2.26. The number of aromatic nitrogens is 1. The Morgan fingerprint density at radius 2 is 1.63 bits per heavy atom. The summed E-state index contributed by atoms with van der Waals surface area (Å²) in [6, 6.07) is 27.4. The van der Waals surface area contributed by atoms with Gasteiger partial charge in [0.25, 0.3) is 5.91 Å². The molecule has 1 heterocycles. The first-order valence-corrected chi connectivity index (χ1v) is 13.1. The Balaban J connectivity index is 1.50. The molecule has 1 aromatic heterocycles. The van der Waals surface area contributed by atoms with Gasteiger partial charge in [-0.05, 0) is 79.8 Å². The van der Waals surface area contributed by atoms with E-state index in [2.05, 4.69) is 16.0 Å². The Labute approximate surface area is 224 Å². The van der Waals surface area contributed by atoms with E-state index in [1.807, 2.05) is 85.1 Å². The highest BCUT2D eigenvalue weighted by atomic mass is 16.5. The summed E-state index contributed by atoms with van der Waals surface area (Å²) in [5, 5.41) is 0. The van der Waals surface area contributed by atoms with Crippen molar-refractivity contribution < 1.29 is 14.3 Å². The summed E-state index contributed by atoms with van der Waals surface area (Å²) in [4.78, 5) is 21.6. The molecule has 6 heteroatoms. The Morgan fingerprint density at radius 1 is 0.868 bits per heavy atom. The third-order valence-corrected chi connectivity index (χ3v) is 6.97. The molecule has 1 aliphatic rings. The van der Waals surface area contributed by atoms with Crippen LogP contribution in [0.5, 0.6) is 11.5 Å². The van der Waals surface area contributed by atoms with E-state index < -0.39 is 0 Å². The number of ether oxygens (including phenoxy) is 2. The molecule has 194 valence electrons. The highest BCUT2D eigenvalue weighted by Crippen LogP contribution is 2.38. The van der Waals surface area contributed by atoms with E-state index in [1.54, 1.807) is 25.3 Å². The Bertz CT molecular complexity index is 1360. The third-order valence-electron chi connectivity index (χ3n) is 6.97. The van der Waals surface area contributed by atoms with Crippen molar-refractivity contribution in [2.24, 2.45) is 0 Å². The van der Waals surface area contributed by atoms with Gasteiger partial charge in [0, 0.05) is 54.7 Å². The summed E-state index contributed by atoms with van der Waals surface area (Å²) < 4.78 is 12.0. The van der Waals surface area contributed by atoms with E-state index in [0.717, 1.165) is 47.0 Å². The van der Waals surface area contributed by atoms with Crippen molar-refractivity contribution in [2.75, 3.05) is 24.0 Å². The fourth-order valence-corrected chi connectivity index (χ4v) is 4.89. The molecule has 0 N–H and O–H groups in total. The number of hydrogen-bond donors (Lipinski definition) is 0. The van der Waals surface area contributed by atoms with Crippen molar-refractivity contribution in [3.63, 3.8) is 0 Å². The number of carbonyl (C=O) groups is 1. The largest absolute Gasteiger partial charge is 0.493 e. The Kier molecular flexibility index (Phi) is 7.88. The molecule has 1 saturated carbocycles. The number of pyridine rings is 1. The number of carbonyl (C=O) groups excluding carboxylic acids is 1. The molecule has 0 saturated heterocycles. The number of anilines is 3. The van der Waals surface area contributed by atoms with E-state index in [9.17, 15) is 4.79 Å². The van der Waals surface area contributed by atoms with Crippen molar-refractivity contribution >= 4 is 23.0 Å². The molecule has 0 unspecified atom stereocenters. The summed E-state index contributed by atoms with van der Waals surface area (Å²) >= 11 is 0. The van der Waals surface area contributed by atoms with Gasteiger partial charge in [-0.3, -0.25) is 9.78 Å². The van der Waals surface area contributed by atoms with Crippen LogP contribution in [-0.2, 0) is 6.54 Å². The maximum absolute atomic E-state index is 13.4. The molecule has 0 aliphatic heterocycles. The SMILES string of the molecule is COc1ccc(N(Cc2cccnc2)c2cccc(C(=O)N(C)c3ccccc3)c2)cc1OC1CCCC1. The molecule has 3 aromatic carbocycles. The Morgan fingerprint density at radius 3 is 2.37 bits per heavy atom. The van der Waals surface area contributed by atoms with Gasteiger partial charge in [-0.25, -0.2) is 0 Å². The van der Waals surface area contributed by atoms with Crippen LogP contribution in [0.1, 0.15) is 41.6 Å². The molecule has 0 atom stereocenters. The zero-order valence-corrected chi connectivity index (χ0v) is 21.9. The van der Waals surface area contributed by atoms with Gasteiger partial charge < -0.3 is 19.3 Å². The first kappa shape index (κ1) is 25.3. The predicted octanol–water partition coefficient (Wildman–Crippen LogP) is 7.03. The van der Waals surface area contributed by atoms with Gasteiger partial charge in [0.1, 0.15) is 0 Å². The molecule has 1 fully saturated rings. The maximum atomic E-state index is 13.4. The smallest absolute Gasteiger partial charge is 0.258 e. The topological polar surface area (TPSA) is 54.9 Å². The summed E-state index contributed by atoms with van der Waals surface area (Å²) in [7, 11) is 3.47. The minimum absolute atomic E-state index is 0.0700. The first-order chi connectivity index (χ1) is 18.6. The lowest BCUT2D eigenvalue weighted by Gasteiger charge is -2.27. The lowest BCUT2D eigenvalue weighted by molar-refractivity contribution is 0.0993. The molecule has 5 rings (SSSR count). The van der Waals surface area contributed by atoms with Gasteiger partial charge in [0.2, 0.25) is 0 Å². The molecule has 38 heavy (non-hydrogen) atoms. The van der Waals surface area contributed by atoms with Crippen LogP contribution in [0.15, 0.2) is 97.3 Å². The molecule has 1 aliphatic carbocycles. The first-order valence-electron chi connectivity index (χ1n) is 13.1. The van der Waals surface area contributed by atoms with Crippen LogP contribution in [0.4, 0.5) is 17.1 Å². The van der Waals surface area contributed by atoms with Crippen molar-refractivity contribution in [2.45, 2.75) is 38.3 Å². The van der Waals surface area contributed by atoms with Crippen LogP contribution in [0.3, 0.4) is 0 Å². The molecule has 4 aromatic rings. The normalized spacial score (nSPS) is 13.2. The number of methoxy groups -OCH3 is 1. The second-order valence-corrected chi connectivity index (χ2v) is 9.56. The van der Waals surface area contributed by atoms with E-state index in [0.29, 0.717) is 12.1 Å². The monoisotopic (exact) mass is 507 g/mol. The average Bonchev–Trinajstić information content (AvgIpc) is 3.49. The van der Waals surface area contributed by atoms with E-state index in [4.69, 9.17) is 9.47 Å². The van der Waals surface area contributed by atoms with Crippen molar-refractivity contribution in [1.29, 1.82) is 0 Å². The molecule has 0 spiro atoms. The molecule has 0 bridgehead atoms.